The van der Waals surface area contributed by atoms with Gasteiger partial charge in [0.05, 0.1) is 30.3 Å². The molecule has 1 atom stereocenters. The van der Waals surface area contributed by atoms with Crippen molar-refractivity contribution in [1.29, 1.82) is 0 Å². The van der Waals surface area contributed by atoms with E-state index in [-0.39, 0.29) is 17.7 Å². The largest absolute Gasteiger partial charge is 0.386 e. The van der Waals surface area contributed by atoms with Gasteiger partial charge in [-0.1, -0.05) is 38.1 Å². The number of nitrogen functional groups attached to an aromatic ring is 1. The lowest BCUT2D eigenvalue weighted by atomic mass is 9.72. The second-order valence-corrected chi connectivity index (χ2v) is 8.05. The van der Waals surface area contributed by atoms with Gasteiger partial charge in [-0.05, 0) is 24.0 Å². The van der Waals surface area contributed by atoms with Gasteiger partial charge in [0.25, 0.3) is 5.91 Å². The molecule has 0 aliphatic rings. The molecule has 1 aromatic carbocycles. The highest BCUT2D eigenvalue weighted by Crippen LogP contribution is 2.34. The number of rotatable bonds is 8. The SMILES string of the molecule is COCCn1cc(C(=O)N=C(N)C(C)(c2ccc(-c3cnc(N)nc3)cc2)C(C)C)cn1. The van der Waals surface area contributed by atoms with E-state index in [0.29, 0.717) is 18.7 Å². The number of ether oxygens (including phenoxy) is 1. The molecule has 0 aliphatic carbocycles. The van der Waals surface area contributed by atoms with Crippen LogP contribution in [-0.2, 0) is 16.7 Å². The molecule has 9 nitrogen and oxygen atoms in total. The molecule has 2 aromatic heterocycles. The maximum atomic E-state index is 12.7. The third-order valence-corrected chi connectivity index (χ3v) is 5.80. The molecule has 1 amide bonds. The van der Waals surface area contributed by atoms with E-state index in [9.17, 15) is 4.79 Å². The maximum absolute atomic E-state index is 12.7. The first-order chi connectivity index (χ1) is 15.3. The van der Waals surface area contributed by atoms with Gasteiger partial charge < -0.3 is 16.2 Å². The fourth-order valence-corrected chi connectivity index (χ4v) is 3.34. The van der Waals surface area contributed by atoms with E-state index >= 15 is 0 Å². The van der Waals surface area contributed by atoms with E-state index in [0.717, 1.165) is 16.7 Å². The van der Waals surface area contributed by atoms with E-state index in [1.165, 1.54) is 6.20 Å². The van der Waals surface area contributed by atoms with Crippen molar-refractivity contribution in [3.05, 3.63) is 60.2 Å². The van der Waals surface area contributed by atoms with E-state index < -0.39 is 11.3 Å². The van der Waals surface area contributed by atoms with Crippen molar-refractivity contribution in [3.63, 3.8) is 0 Å². The number of amidine groups is 1. The molecule has 3 rings (SSSR count). The summed E-state index contributed by atoms with van der Waals surface area (Å²) in [6.07, 6.45) is 6.50. The lowest BCUT2D eigenvalue weighted by Gasteiger charge is -2.33. The smallest absolute Gasteiger partial charge is 0.281 e. The van der Waals surface area contributed by atoms with Crippen molar-refractivity contribution < 1.29 is 9.53 Å². The summed E-state index contributed by atoms with van der Waals surface area (Å²) in [4.78, 5) is 25.0. The second-order valence-electron chi connectivity index (χ2n) is 8.05. The number of hydrogen-bond acceptors (Lipinski definition) is 6. The van der Waals surface area contributed by atoms with Gasteiger partial charge in [-0.25, -0.2) is 9.97 Å². The fourth-order valence-electron chi connectivity index (χ4n) is 3.34. The molecule has 0 bridgehead atoms. The summed E-state index contributed by atoms with van der Waals surface area (Å²) in [5, 5.41) is 4.17. The zero-order chi connectivity index (χ0) is 23.3. The van der Waals surface area contributed by atoms with Crippen LogP contribution in [0.3, 0.4) is 0 Å². The Hall–Kier alpha value is -3.59. The number of nitrogens with zero attached hydrogens (tertiary/aromatic N) is 5. The first kappa shape index (κ1) is 23.1. The number of hydrogen-bond donors (Lipinski definition) is 2. The molecule has 0 radical (unpaired) electrons. The Labute approximate surface area is 187 Å². The Morgan fingerprint density at radius 2 is 1.81 bits per heavy atom. The number of aromatic nitrogens is 4. The molecule has 0 saturated heterocycles. The maximum Gasteiger partial charge on any atom is 0.281 e. The van der Waals surface area contributed by atoms with Crippen LogP contribution in [0.25, 0.3) is 11.1 Å². The molecule has 1 unspecified atom stereocenters. The van der Waals surface area contributed by atoms with Crippen molar-refractivity contribution in [1.82, 2.24) is 19.7 Å². The average molecular weight is 436 g/mol. The van der Waals surface area contributed by atoms with Crippen LogP contribution in [-0.4, -0.2) is 45.2 Å². The van der Waals surface area contributed by atoms with Crippen molar-refractivity contribution in [2.45, 2.75) is 32.7 Å². The summed E-state index contributed by atoms with van der Waals surface area (Å²) in [6.45, 7) is 7.16. The van der Waals surface area contributed by atoms with Gasteiger partial charge in [-0.2, -0.15) is 10.1 Å². The molecular formula is C23H29N7O2. The molecule has 9 heteroatoms. The number of benzene rings is 1. The number of carbonyl (C=O) groups is 1. The predicted molar refractivity (Wildman–Crippen MR) is 124 cm³/mol. The third-order valence-electron chi connectivity index (χ3n) is 5.80. The van der Waals surface area contributed by atoms with Crippen LogP contribution >= 0.6 is 0 Å². The standard InChI is InChI=1S/C23H29N7O2/c1-15(2)23(3,19-7-5-16(6-8-19)17-11-26-22(25)27-12-17)21(24)29-20(31)18-13-28-30(14-18)9-10-32-4/h5-8,11-15H,9-10H2,1-4H3,(H2,24,29,31)(H2,25,26,27). The Morgan fingerprint density at radius 1 is 1.16 bits per heavy atom. The molecule has 2 heterocycles. The highest BCUT2D eigenvalue weighted by atomic mass is 16.5. The lowest BCUT2D eigenvalue weighted by molar-refractivity contribution is 0.100. The fraction of sp³-hybridized carbons (Fsp3) is 0.348. The normalized spacial score (nSPS) is 13.8. The molecular weight excluding hydrogens is 406 g/mol. The van der Waals surface area contributed by atoms with Crippen molar-refractivity contribution in [3.8, 4) is 11.1 Å². The first-order valence-electron chi connectivity index (χ1n) is 10.3. The Kier molecular flexibility index (Phi) is 6.99. The van der Waals surface area contributed by atoms with Gasteiger partial charge >= 0.3 is 0 Å². The van der Waals surface area contributed by atoms with Gasteiger partial charge in [0, 0.05) is 31.3 Å². The zero-order valence-corrected chi connectivity index (χ0v) is 18.8. The van der Waals surface area contributed by atoms with Gasteiger partial charge in [-0.3, -0.25) is 9.48 Å². The quantitative estimate of drug-likeness (QED) is 0.410. The number of aliphatic imine (C=N–C) groups is 1. The summed E-state index contributed by atoms with van der Waals surface area (Å²) in [6, 6.07) is 7.92. The number of anilines is 1. The molecule has 0 saturated carbocycles. The molecule has 0 aliphatic heterocycles. The summed E-state index contributed by atoms with van der Waals surface area (Å²) in [7, 11) is 1.61. The van der Waals surface area contributed by atoms with E-state index in [1.807, 2.05) is 31.2 Å². The molecule has 32 heavy (non-hydrogen) atoms. The average Bonchev–Trinajstić information content (AvgIpc) is 3.26. The Bertz CT molecular complexity index is 1090. The number of methoxy groups -OCH3 is 1. The van der Waals surface area contributed by atoms with Crippen LogP contribution in [0.5, 0.6) is 0 Å². The zero-order valence-electron chi connectivity index (χ0n) is 18.8. The minimum atomic E-state index is -0.641. The molecule has 0 spiro atoms. The third kappa shape index (κ3) is 4.83. The summed E-state index contributed by atoms with van der Waals surface area (Å²) < 4.78 is 6.68. The second kappa shape index (κ2) is 9.69. The first-order valence-corrected chi connectivity index (χ1v) is 10.3. The van der Waals surface area contributed by atoms with Crippen LogP contribution in [0.2, 0.25) is 0 Å². The van der Waals surface area contributed by atoms with Crippen LogP contribution in [0.4, 0.5) is 5.95 Å². The van der Waals surface area contributed by atoms with Crippen molar-refractivity contribution in [2.24, 2.45) is 16.6 Å². The molecule has 0 fully saturated rings. The number of nitrogens with two attached hydrogens (primary N) is 2. The van der Waals surface area contributed by atoms with Crippen LogP contribution in [0.1, 0.15) is 36.7 Å². The van der Waals surface area contributed by atoms with Crippen molar-refractivity contribution in [2.75, 3.05) is 19.5 Å². The predicted octanol–water partition coefficient (Wildman–Crippen LogP) is 2.68. The van der Waals surface area contributed by atoms with Crippen LogP contribution < -0.4 is 11.5 Å². The highest BCUT2D eigenvalue weighted by Gasteiger charge is 2.35. The summed E-state index contributed by atoms with van der Waals surface area (Å²) >= 11 is 0. The highest BCUT2D eigenvalue weighted by molar-refractivity contribution is 6.05. The van der Waals surface area contributed by atoms with Gasteiger partial charge in [0.15, 0.2) is 0 Å². The topological polar surface area (TPSA) is 134 Å². The van der Waals surface area contributed by atoms with Crippen LogP contribution in [0, 0.1) is 5.92 Å². The Morgan fingerprint density at radius 3 is 2.41 bits per heavy atom. The summed E-state index contributed by atoms with van der Waals surface area (Å²) in [5.41, 5.74) is 14.5. The molecule has 4 N–H and O–H groups in total. The van der Waals surface area contributed by atoms with Gasteiger partial charge in [0.2, 0.25) is 5.95 Å². The lowest BCUT2D eigenvalue weighted by Crippen LogP contribution is -2.43. The van der Waals surface area contributed by atoms with Gasteiger partial charge in [0.1, 0.15) is 5.84 Å². The number of amides is 1. The monoisotopic (exact) mass is 435 g/mol. The minimum absolute atomic E-state index is 0.0918. The van der Waals surface area contributed by atoms with E-state index in [4.69, 9.17) is 16.2 Å². The van der Waals surface area contributed by atoms with E-state index in [1.54, 1.807) is 30.4 Å². The number of carbonyl (C=O) groups excluding carboxylic acids is 1. The minimum Gasteiger partial charge on any atom is -0.386 e. The summed E-state index contributed by atoms with van der Waals surface area (Å²) in [5.74, 6) is 0.157. The van der Waals surface area contributed by atoms with E-state index in [2.05, 4.69) is 33.9 Å². The molecule has 3 aromatic rings. The molecule has 168 valence electrons. The van der Waals surface area contributed by atoms with Crippen LogP contribution in [0.15, 0.2) is 54.0 Å². The van der Waals surface area contributed by atoms with Gasteiger partial charge in [-0.15, -0.1) is 0 Å². The van der Waals surface area contributed by atoms with Crippen molar-refractivity contribution >= 4 is 17.7 Å². The Balaban J connectivity index is 1.87.